The monoisotopic (exact) mass is 445 g/mol. The topological polar surface area (TPSA) is 89.1 Å². The van der Waals surface area contributed by atoms with E-state index >= 15 is 0 Å². The van der Waals surface area contributed by atoms with Crippen molar-refractivity contribution in [1.29, 1.82) is 0 Å². The fourth-order valence-electron chi connectivity index (χ4n) is 3.64. The second-order valence-corrected chi connectivity index (χ2v) is 7.39. The minimum atomic E-state index is -0.697. The van der Waals surface area contributed by atoms with Crippen molar-refractivity contribution in [3.63, 3.8) is 0 Å². The summed E-state index contributed by atoms with van der Waals surface area (Å²) in [5.74, 6) is 0.735. The average molecular weight is 445 g/mol. The molecule has 0 aliphatic carbocycles. The zero-order valence-corrected chi connectivity index (χ0v) is 18.4. The van der Waals surface area contributed by atoms with Crippen molar-refractivity contribution < 1.29 is 28.2 Å². The van der Waals surface area contributed by atoms with E-state index in [0.29, 0.717) is 35.9 Å². The van der Waals surface area contributed by atoms with Gasteiger partial charge >= 0.3 is 0 Å². The molecule has 2 aromatic carbocycles. The van der Waals surface area contributed by atoms with Gasteiger partial charge in [0.1, 0.15) is 23.1 Å². The second kappa shape index (κ2) is 10.8. The van der Waals surface area contributed by atoms with Gasteiger partial charge in [-0.2, -0.15) is 0 Å². The summed E-state index contributed by atoms with van der Waals surface area (Å²) < 4.78 is 30.0. The van der Waals surface area contributed by atoms with Crippen molar-refractivity contribution in [2.45, 2.75) is 25.6 Å². The van der Waals surface area contributed by atoms with E-state index in [9.17, 15) is 14.0 Å². The quantitative estimate of drug-likeness (QED) is 0.613. The third kappa shape index (κ3) is 5.67. The molecule has 2 N–H and O–H groups in total. The first kappa shape index (κ1) is 23.3. The third-order valence-corrected chi connectivity index (χ3v) is 5.42. The average Bonchev–Trinajstić information content (AvgIpc) is 2.80. The van der Waals surface area contributed by atoms with Gasteiger partial charge in [-0.1, -0.05) is 6.07 Å². The maximum absolute atomic E-state index is 14.4. The van der Waals surface area contributed by atoms with Gasteiger partial charge in [-0.05, 0) is 24.3 Å². The molecule has 9 heteroatoms. The van der Waals surface area contributed by atoms with E-state index in [1.165, 1.54) is 13.2 Å². The molecule has 1 aliphatic heterocycles. The molecular weight excluding hydrogens is 417 g/mol. The molecule has 0 spiro atoms. The lowest BCUT2D eigenvalue weighted by Gasteiger charge is -2.34. The first-order valence-electron chi connectivity index (χ1n) is 10.3. The summed E-state index contributed by atoms with van der Waals surface area (Å²) in [6, 6.07) is 9.23. The van der Waals surface area contributed by atoms with Crippen molar-refractivity contribution >= 4 is 11.8 Å². The van der Waals surface area contributed by atoms with Crippen LogP contribution in [0.25, 0.3) is 0 Å². The minimum Gasteiger partial charge on any atom is -0.497 e. The van der Waals surface area contributed by atoms with E-state index in [0.717, 1.165) is 5.56 Å². The van der Waals surface area contributed by atoms with Crippen molar-refractivity contribution in [3.8, 4) is 17.2 Å². The number of piperazine rings is 1. The van der Waals surface area contributed by atoms with E-state index < -0.39 is 11.9 Å². The third-order valence-electron chi connectivity index (χ3n) is 5.42. The molecular formula is C23H28FN3O5. The highest BCUT2D eigenvalue weighted by molar-refractivity contribution is 5.88. The number of amides is 2. The molecule has 32 heavy (non-hydrogen) atoms. The van der Waals surface area contributed by atoms with Crippen LogP contribution in [0.2, 0.25) is 0 Å². The number of carbonyl (C=O) groups is 2. The number of ether oxygens (including phenoxy) is 3. The molecule has 1 heterocycles. The smallest absolute Gasteiger partial charge is 0.237 e. The largest absolute Gasteiger partial charge is 0.497 e. The standard InChI is InChI=1S/C23H28FN3O5/c1-30-17-6-7-21(32-3)16(10-17)13-26-22(28)12-20-23(29)25-8-9-27(20)14-15-4-5-18(31-2)11-19(15)24/h4-7,10-11,20H,8-9,12-14H2,1-3H3,(H,25,29)(H,26,28)/t20-/m1/s1. The van der Waals surface area contributed by atoms with E-state index in [1.807, 2.05) is 4.90 Å². The zero-order chi connectivity index (χ0) is 23.1. The van der Waals surface area contributed by atoms with Crippen molar-refractivity contribution in [3.05, 3.63) is 53.3 Å². The molecule has 8 nitrogen and oxygen atoms in total. The molecule has 0 saturated carbocycles. The minimum absolute atomic E-state index is 0.0457. The van der Waals surface area contributed by atoms with Gasteiger partial charge in [0.15, 0.2) is 0 Å². The molecule has 0 radical (unpaired) electrons. The van der Waals surface area contributed by atoms with Crippen molar-refractivity contribution in [1.82, 2.24) is 15.5 Å². The first-order chi connectivity index (χ1) is 15.4. The van der Waals surface area contributed by atoms with Crippen LogP contribution in [0.4, 0.5) is 4.39 Å². The van der Waals surface area contributed by atoms with Gasteiger partial charge in [0.25, 0.3) is 0 Å². The Labute approximate surface area is 186 Å². The summed E-state index contributed by atoms with van der Waals surface area (Å²) in [6.45, 7) is 1.39. The fraction of sp³-hybridized carbons (Fsp3) is 0.391. The van der Waals surface area contributed by atoms with Gasteiger partial charge in [-0.3, -0.25) is 14.5 Å². The Balaban J connectivity index is 1.66. The molecule has 1 fully saturated rings. The maximum Gasteiger partial charge on any atom is 0.237 e. The van der Waals surface area contributed by atoms with Gasteiger partial charge < -0.3 is 24.8 Å². The van der Waals surface area contributed by atoms with Gasteiger partial charge in [-0.15, -0.1) is 0 Å². The molecule has 0 aromatic heterocycles. The number of benzene rings is 2. The summed E-state index contributed by atoms with van der Waals surface area (Å²) in [5, 5.41) is 5.61. The summed E-state index contributed by atoms with van der Waals surface area (Å²) >= 11 is 0. The molecule has 3 rings (SSSR count). The number of hydrogen-bond acceptors (Lipinski definition) is 6. The van der Waals surface area contributed by atoms with Gasteiger partial charge in [0.2, 0.25) is 11.8 Å². The lowest BCUT2D eigenvalue weighted by molar-refractivity contribution is -0.134. The summed E-state index contributed by atoms with van der Waals surface area (Å²) in [4.78, 5) is 27.0. The van der Waals surface area contributed by atoms with Crippen LogP contribution in [0.3, 0.4) is 0 Å². The number of hydrogen-bond donors (Lipinski definition) is 2. The normalized spacial score (nSPS) is 16.2. The van der Waals surface area contributed by atoms with E-state index in [4.69, 9.17) is 14.2 Å². The van der Waals surface area contributed by atoms with Crippen molar-refractivity contribution in [2.75, 3.05) is 34.4 Å². The van der Waals surface area contributed by atoms with Crippen LogP contribution >= 0.6 is 0 Å². The van der Waals surface area contributed by atoms with Crippen LogP contribution in [0, 0.1) is 5.82 Å². The highest BCUT2D eigenvalue weighted by Crippen LogP contribution is 2.24. The van der Waals surface area contributed by atoms with Gasteiger partial charge in [0, 0.05) is 43.4 Å². The van der Waals surface area contributed by atoms with Crippen LogP contribution in [0.5, 0.6) is 17.2 Å². The van der Waals surface area contributed by atoms with Gasteiger partial charge in [-0.25, -0.2) is 4.39 Å². The highest BCUT2D eigenvalue weighted by atomic mass is 19.1. The highest BCUT2D eigenvalue weighted by Gasteiger charge is 2.32. The molecule has 1 aliphatic rings. The molecule has 0 unspecified atom stereocenters. The number of halogens is 1. The number of nitrogens with zero attached hydrogens (tertiary/aromatic N) is 1. The van der Waals surface area contributed by atoms with Crippen LogP contribution in [0.15, 0.2) is 36.4 Å². The number of nitrogens with one attached hydrogen (secondary N) is 2. The van der Waals surface area contributed by atoms with Gasteiger partial charge in [0.05, 0.1) is 33.8 Å². The van der Waals surface area contributed by atoms with Crippen LogP contribution < -0.4 is 24.8 Å². The Morgan fingerprint density at radius 3 is 2.50 bits per heavy atom. The molecule has 2 amide bonds. The summed E-state index contributed by atoms with van der Waals surface area (Å²) in [5.41, 5.74) is 1.19. The van der Waals surface area contributed by atoms with Crippen LogP contribution in [0.1, 0.15) is 17.5 Å². The Morgan fingerprint density at radius 1 is 1.09 bits per heavy atom. The molecule has 2 aromatic rings. The lowest BCUT2D eigenvalue weighted by Crippen LogP contribution is -2.56. The summed E-state index contributed by atoms with van der Waals surface area (Å²) in [7, 11) is 4.58. The second-order valence-electron chi connectivity index (χ2n) is 7.39. The van der Waals surface area contributed by atoms with E-state index in [2.05, 4.69) is 10.6 Å². The first-order valence-corrected chi connectivity index (χ1v) is 10.3. The Morgan fingerprint density at radius 2 is 1.81 bits per heavy atom. The molecule has 0 bridgehead atoms. The fourth-order valence-corrected chi connectivity index (χ4v) is 3.64. The zero-order valence-electron chi connectivity index (χ0n) is 18.4. The van der Waals surface area contributed by atoms with E-state index in [1.54, 1.807) is 44.6 Å². The molecule has 172 valence electrons. The van der Waals surface area contributed by atoms with Crippen molar-refractivity contribution in [2.24, 2.45) is 0 Å². The van der Waals surface area contributed by atoms with E-state index in [-0.39, 0.29) is 31.3 Å². The number of rotatable bonds is 9. The SMILES string of the molecule is COc1ccc(CN2CCNC(=O)[C@H]2CC(=O)NCc2cc(OC)ccc2OC)c(F)c1. The Bertz CT molecular complexity index is 969. The Kier molecular flexibility index (Phi) is 7.88. The number of carbonyl (C=O) groups excluding carboxylic acids is 2. The molecule has 1 saturated heterocycles. The molecule has 1 atom stereocenters. The predicted octanol–water partition coefficient (Wildman–Crippen LogP) is 1.86. The number of methoxy groups -OCH3 is 3. The summed E-state index contributed by atoms with van der Waals surface area (Å²) in [6.07, 6.45) is -0.0457. The van der Waals surface area contributed by atoms with Crippen LogP contribution in [-0.2, 0) is 22.7 Å². The lowest BCUT2D eigenvalue weighted by atomic mass is 10.1. The predicted molar refractivity (Wildman–Crippen MR) is 116 cm³/mol. The Hall–Kier alpha value is -3.33. The van der Waals surface area contributed by atoms with Crippen LogP contribution in [-0.4, -0.2) is 57.2 Å². The maximum atomic E-state index is 14.4.